The number of nitrogens with zero attached hydrogens (tertiary/aromatic N) is 2. The van der Waals surface area contributed by atoms with E-state index in [1.165, 1.54) is 4.90 Å². The van der Waals surface area contributed by atoms with E-state index in [1.807, 2.05) is 13.0 Å². The first-order valence-electron chi connectivity index (χ1n) is 6.24. The van der Waals surface area contributed by atoms with Crippen LogP contribution >= 0.6 is 0 Å². The zero-order valence-corrected chi connectivity index (χ0v) is 12.0. The van der Waals surface area contributed by atoms with E-state index in [4.69, 9.17) is 5.26 Å². The number of sulfone groups is 1. The van der Waals surface area contributed by atoms with Gasteiger partial charge in [0.25, 0.3) is 0 Å². The Labute approximate surface area is 110 Å². The molecule has 0 saturated heterocycles. The van der Waals surface area contributed by atoms with Crippen LogP contribution in [0, 0.1) is 11.3 Å². The summed E-state index contributed by atoms with van der Waals surface area (Å²) < 4.78 is 23.2. The molecular weight excluding hydrogens is 252 g/mol. The molecule has 0 aliphatic carbocycles. The highest BCUT2D eigenvalue weighted by atomic mass is 32.2. The van der Waals surface area contributed by atoms with Crippen LogP contribution in [0.3, 0.4) is 0 Å². The number of carbonyl (C=O) groups is 1. The van der Waals surface area contributed by atoms with Gasteiger partial charge in [0.05, 0.1) is 24.0 Å². The minimum Gasteiger partial charge on any atom is -0.345 e. The number of unbranched alkanes of at least 4 members (excludes halogenated alkanes) is 2. The summed E-state index contributed by atoms with van der Waals surface area (Å²) >= 11 is 0. The first-order valence-corrected chi connectivity index (χ1v) is 8.06. The zero-order valence-electron chi connectivity index (χ0n) is 11.2. The lowest BCUT2D eigenvalue weighted by atomic mass is 10.3. The van der Waals surface area contributed by atoms with Gasteiger partial charge in [-0.3, -0.25) is 4.79 Å². The van der Waals surface area contributed by atoms with Crippen molar-refractivity contribution in [1.82, 2.24) is 4.90 Å². The molecule has 0 heterocycles. The fraction of sp³-hybridized carbons (Fsp3) is 0.833. The summed E-state index contributed by atoms with van der Waals surface area (Å²) in [5.41, 5.74) is 0. The molecule has 0 aliphatic heterocycles. The molecule has 0 N–H and O–H groups in total. The third-order valence-corrected chi connectivity index (χ3v) is 4.41. The summed E-state index contributed by atoms with van der Waals surface area (Å²) in [6.45, 7) is 2.37. The largest absolute Gasteiger partial charge is 0.345 e. The van der Waals surface area contributed by atoms with E-state index in [9.17, 15) is 13.2 Å². The Bertz CT molecular complexity index is 385. The molecule has 18 heavy (non-hydrogen) atoms. The number of hydrogen-bond donors (Lipinski definition) is 0. The smallest absolute Gasteiger partial charge is 0.223 e. The molecule has 5 nitrogen and oxygen atoms in total. The number of carbonyl (C=O) groups excluding carboxylic acids is 1. The van der Waals surface area contributed by atoms with Gasteiger partial charge < -0.3 is 4.90 Å². The molecule has 0 aromatic rings. The molecule has 1 amide bonds. The zero-order chi connectivity index (χ0) is 14.0. The van der Waals surface area contributed by atoms with Crippen LogP contribution in [-0.4, -0.2) is 44.3 Å². The summed E-state index contributed by atoms with van der Waals surface area (Å²) in [7, 11) is -1.53. The molecule has 0 aromatic heterocycles. The van der Waals surface area contributed by atoms with Crippen molar-refractivity contribution in [3.8, 4) is 6.07 Å². The maximum Gasteiger partial charge on any atom is 0.223 e. The lowest BCUT2D eigenvalue weighted by Gasteiger charge is -2.15. The second kappa shape index (κ2) is 8.92. The molecule has 0 fully saturated rings. The molecule has 0 aliphatic rings. The highest BCUT2D eigenvalue weighted by molar-refractivity contribution is 7.91. The van der Waals surface area contributed by atoms with E-state index in [0.717, 1.165) is 12.8 Å². The van der Waals surface area contributed by atoms with Crippen LogP contribution in [0.4, 0.5) is 0 Å². The van der Waals surface area contributed by atoms with Crippen molar-refractivity contribution in [1.29, 1.82) is 5.26 Å². The van der Waals surface area contributed by atoms with Gasteiger partial charge in [-0.15, -0.1) is 0 Å². The first kappa shape index (κ1) is 16.9. The summed E-state index contributed by atoms with van der Waals surface area (Å²) in [6.07, 6.45) is 2.82. The van der Waals surface area contributed by atoms with Crippen molar-refractivity contribution in [2.75, 3.05) is 25.1 Å². The Hall–Kier alpha value is -1.09. The van der Waals surface area contributed by atoms with Gasteiger partial charge in [0, 0.05) is 20.0 Å². The molecule has 0 saturated carbocycles. The van der Waals surface area contributed by atoms with E-state index in [1.54, 1.807) is 7.05 Å². The average molecular weight is 274 g/mol. The highest BCUT2D eigenvalue weighted by Gasteiger charge is 2.15. The van der Waals surface area contributed by atoms with E-state index < -0.39 is 9.84 Å². The van der Waals surface area contributed by atoms with Crippen LogP contribution in [0.5, 0.6) is 0 Å². The molecule has 0 rings (SSSR count). The Morgan fingerprint density at radius 2 is 1.94 bits per heavy atom. The molecule has 6 heteroatoms. The van der Waals surface area contributed by atoms with Gasteiger partial charge in [-0.1, -0.05) is 19.8 Å². The minimum atomic E-state index is -3.12. The lowest BCUT2D eigenvalue weighted by molar-refractivity contribution is -0.129. The van der Waals surface area contributed by atoms with Crippen molar-refractivity contribution in [2.45, 2.75) is 39.0 Å². The Morgan fingerprint density at radius 3 is 2.50 bits per heavy atom. The third kappa shape index (κ3) is 8.07. The molecule has 0 bridgehead atoms. The third-order valence-electron chi connectivity index (χ3n) is 2.67. The minimum absolute atomic E-state index is 0.0103. The van der Waals surface area contributed by atoms with Gasteiger partial charge in [-0.05, 0) is 6.42 Å². The normalized spacial score (nSPS) is 10.9. The van der Waals surface area contributed by atoms with Crippen LogP contribution in [0.25, 0.3) is 0 Å². The Morgan fingerprint density at radius 1 is 1.28 bits per heavy atom. The lowest BCUT2D eigenvalue weighted by Crippen LogP contribution is -2.29. The van der Waals surface area contributed by atoms with Crippen LogP contribution in [0.2, 0.25) is 0 Å². The number of nitriles is 1. The Balaban J connectivity index is 4.00. The predicted octanol–water partition coefficient (Wildman–Crippen LogP) is 1.35. The highest BCUT2D eigenvalue weighted by Crippen LogP contribution is 2.03. The monoisotopic (exact) mass is 274 g/mol. The number of rotatable bonds is 9. The maximum atomic E-state index is 11.6. The first-order chi connectivity index (χ1) is 8.43. The van der Waals surface area contributed by atoms with Crippen LogP contribution in [-0.2, 0) is 14.6 Å². The summed E-state index contributed by atoms with van der Waals surface area (Å²) in [5, 5.41) is 8.39. The number of amides is 1. The average Bonchev–Trinajstić information content (AvgIpc) is 2.33. The molecule has 104 valence electrons. The fourth-order valence-electron chi connectivity index (χ4n) is 1.45. The molecule has 0 spiro atoms. The van der Waals surface area contributed by atoms with Crippen molar-refractivity contribution in [3.05, 3.63) is 0 Å². The maximum absolute atomic E-state index is 11.6. The van der Waals surface area contributed by atoms with Crippen molar-refractivity contribution in [3.63, 3.8) is 0 Å². The van der Waals surface area contributed by atoms with Crippen LogP contribution in [0.15, 0.2) is 0 Å². The second-order valence-corrected chi connectivity index (χ2v) is 6.64. The van der Waals surface area contributed by atoms with Gasteiger partial charge in [0.1, 0.15) is 0 Å². The summed E-state index contributed by atoms with van der Waals surface area (Å²) in [5.74, 6) is -0.146. The molecule has 0 atom stereocenters. The van der Waals surface area contributed by atoms with E-state index in [2.05, 4.69) is 0 Å². The fourth-order valence-corrected chi connectivity index (χ4v) is 2.78. The van der Waals surface area contributed by atoms with Crippen LogP contribution in [0.1, 0.15) is 39.0 Å². The van der Waals surface area contributed by atoms with E-state index in [0.29, 0.717) is 13.0 Å². The van der Waals surface area contributed by atoms with E-state index >= 15 is 0 Å². The van der Waals surface area contributed by atoms with Crippen molar-refractivity contribution in [2.24, 2.45) is 0 Å². The van der Waals surface area contributed by atoms with Crippen LogP contribution < -0.4 is 0 Å². The quantitative estimate of drug-likeness (QED) is 0.595. The van der Waals surface area contributed by atoms with E-state index in [-0.39, 0.29) is 30.3 Å². The van der Waals surface area contributed by atoms with Gasteiger partial charge in [0.2, 0.25) is 5.91 Å². The second-order valence-electron chi connectivity index (χ2n) is 4.33. The van der Waals surface area contributed by atoms with Gasteiger partial charge in [-0.2, -0.15) is 5.26 Å². The molecule has 0 aromatic carbocycles. The molecule has 0 radical (unpaired) electrons. The summed E-state index contributed by atoms with van der Waals surface area (Å²) in [6, 6.07) is 1.95. The standard InChI is InChI=1S/C12H22N2O3S/c1-3-4-5-10-18(16,17)11-7-12(15)14(2)9-6-8-13/h3-7,9-11H2,1-2H3. The molecule has 0 unspecified atom stereocenters. The Kier molecular flexibility index (Phi) is 8.38. The predicted molar refractivity (Wildman–Crippen MR) is 70.7 cm³/mol. The van der Waals surface area contributed by atoms with Gasteiger partial charge >= 0.3 is 0 Å². The van der Waals surface area contributed by atoms with Gasteiger partial charge in [0.15, 0.2) is 9.84 Å². The summed E-state index contributed by atoms with van der Waals surface area (Å²) in [4.78, 5) is 13.0. The SMILES string of the molecule is CCCCCS(=O)(=O)CCC(=O)N(C)CCC#N. The topological polar surface area (TPSA) is 78.2 Å². The van der Waals surface area contributed by atoms with Gasteiger partial charge in [-0.25, -0.2) is 8.42 Å². The van der Waals surface area contributed by atoms with Crippen molar-refractivity contribution < 1.29 is 13.2 Å². The number of hydrogen-bond acceptors (Lipinski definition) is 4. The van der Waals surface area contributed by atoms with Crippen molar-refractivity contribution >= 4 is 15.7 Å². The molecular formula is C12H22N2O3S.